The maximum Gasteiger partial charge on any atom is 0.327 e. The topological polar surface area (TPSA) is 82.2 Å². The second kappa shape index (κ2) is 5.71. The van der Waals surface area contributed by atoms with Gasteiger partial charge in [-0.25, -0.2) is 4.79 Å². The summed E-state index contributed by atoms with van der Waals surface area (Å²) in [5.74, 6) is 0.658. The highest BCUT2D eigenvalue weighted by atomic mass is 16.4. The lowest BCUT2D eigenvalue weighted by atomic mass is 10.1. The number of nitrogens with one attached hydrogen (secondary N) is 2. The molecule has 1 heterocycles. The Morgan fingerprint density at radius 2 is 2.14 bits per heavy atom. The van der Waals surface area contributed by atoms with Crippen LogP contribution in [0.1, 0.15) is 28.0 Å². The summed E-state index contributed by atoms with van der Waals surface area (Å²) in [6.45, 7) is 3.93. The van der Waals surface area contributed by atoms with Gasteiger partial charge in [-0.3, -0.25) is 4.79 Å². The zero-order chi connectivity index (χ0) is 15.6. The first kappa shape index (κ1) is 14.7. The second-order valence-electron chi connectivity index (χ2n) is 4.91. The lowest BCUT2D eigenvalue weighted by Crippen LogP contribution is -2.40. The number of hydrogen-bond acceptors (Lipinski definition) is 2. The number of carbonyl (C=O) groups excluding carboxylic acids is 1. The van der Waals surface area contributed by atoms with Crippen molar-refractivity contribution in [3.63, 3.8) is 0 Å². The number of H-pyrrole nitrogens is 1. The number of terminal acetylenes is 1. The molecule has 0 saturated heterocycles. The molecule has 5 heteroatoms. The van der Waals surface area contributed by atoms with Crippen LogP contribution in [0.5, 0.6) is 0 Å². The summed E-state index contributed by atoms with van der Waals surface area (Å²) >= 11 is 0. The summed E-state index contributed by atoms with van der Waals surface area (Å²) in [5, 5.41) is 12.4. The SMILES string of the molecule is C#CCC(NC(=O)c1ccc2[nH]c(C)c(C)c2c1)C(=O)O. The Hall–Kier alpha value is -2.74. The first-order chi connectivity index (χ1) is 9.93. The minimum Gasteiger partial charge on any atom is -0.480 e. The van der Waals surface area contributed by atoms with E-state index >= 15 is 0 Å². The molecule has 0 fully saturated rings. The average Bonchev–Trinajstić information content (AvgIpc) is 2.73. The van der Waals surface area contributed by atoms with E-state index in [0.717, 1.165) is 22.2 Å². The number of aryl methyl sites for hydroxylation is 2. The Kier molecular flexibility index (Phi) is 3.99. The van der Waals surface area contributed by atoms with E-state index in [9.17, 15) is 9.59 Å². The van der Waals surface area contributed by atoms with Gasteiger partial charge in [-0.2, -0.15) is 0 Å². The third-order valence-corrected chi connectivity index (χ3v) is 3.50. The summed E-state index contributed by atoms with van der Waals surface area (Å²) in [6.07, 6.45) is 5.06. The van der Waals surface area contributed by atoms with Crippen LogP contribution in [0, 0.1) is 26.2 Å². The van der Waals surface area contributed by atoms with Gasteiger partial charge in [0.15, 0.2) is 0 Å². The van der Waals surface area contributed by atoms with E-state index in [0.29, 0.717) is 5.56 Å². The minimum absolute atomic E-state index is 0.0500. The maximum atomic E-state index is 12.1. The van der Waals surface area contributed by atoms with Gasteiger partial charge >= 0.3 is 5.97 Å². The number of aromatic amines is 1. The first-order valence-electron chi connectivity index (χ1n) is 6.50. The van der Waals surface area contributed by atoms with Gasteiger partial charge in [0.05, 0.1) is 0 Å². The molecule has 1 amide bonds. The molecule has 0 aliphatic heterocycles. The van der Waals surface area contributed by atoms with Gasteiger partial charge in [0.1, 0.15) is 6.04 Å². The van der Waals surface area contributed by atoms with Crippen molar-refractivity contribution in [2.75, 3.05) is 0 Å². The highest BCUT2D eigenvalue weighted by Gasteiger charge is 2.20. The van der Waals surface area contributed by atoms with Crippen LogP contribution in [0.25, 0.3) is 10.9 Å². The average molecular weight is 284 g/mol. The van der Waals surface area contributed by atoms with Gasteiger partial charge in [-0.1, -0.05) is 0 Å². The van der Waals surface area contributed by atoms with Crippen molar-refractivity contribution in [2.45, 2.75) is 26.3 Å². The van der Waals surface area contributed by atoms with E-state index in [4.69, 9.17) is 11.5 Å². The molecule has 1 aromatic carbocycles. The summed E-state index contributed by atoms with van der Waals surface area (Å²) in [6, 6.07) is 4.13. The fourth-order valence-electron chi connectivity index (χ4n) is 2.16. The molecule has 2 aromatic rings. The number of carbonyl (C=O) groups is 2. The number of fused-ring (bicyclic) bond motifs is 1. The number of carboxylic acid groups (broad SMARTS) is 1. The molecule has 0 bridgehead atoms. The number of carboxylic acids is 1. The first-order valence-corrected chi connectivity index (χ1v) is 6.50. The monoisotopic (exact) mass is 284 g/mol. The predicted molar refractivity (Wildman–Crippen MR) is 80.1 cm³/mol. The van der Waals surface area contributed by atoms with Crippen LogP contribution in [0.2, 0.25) is 0 Å². The Bertz CT molecular complexity index is 753. The van der Waals surface area contributed by atoms with E-state index in [1.807, 2.05) is 13.8 Å². The molecular weight excluding hydrogens is 268 g/mol. The van der Waals surface area contributed by atoms with Crippen LogP contribution in [-0.4, -0.2) is 28.0 Å². The Morgan fingerprint density at radius 1 is 1.43 bits per heavy atom. The highest BCUT2D eigenvalue weighted by molar-refractivity contribution is 6.00. The minimum atomic E-state index is -1.14. The predicted octanol–water partition coefficient (Wildman–Crippen LogP) is 1.99. The van der Waals surface area contributed by atoms with Crippen molar-refractivity contribution in [1.82, 2.24) is 10.3 Å². The standard InChI is InChI=1S/C16H16N2O3/c1-4-5-14(16(20)21)18-15(19)11-6-7-13-12(8-11)9(2)10(3)17-13/h1,6-8,14,17H,5H2,2-3H3,(H,18,19)(H,20,21). The van der Waals surface area contributed by atoms with Crippen molar-refractivity contribution < 1.29 is 14.7 Å². The Balaban J connectivity index is 2.29. The van der Waals surface area contributed by atoms with Gasteiger partial charge in [0.25, 0.3) is 5.91 Å². The zero-order valence-corrected chi connectivity index (χ0v) is 11.9. The summed E-state index contributed by atoms with van der Waals surface area (Å²) in [4.78, 5) is 26.4. The number of hydrogen-bond donors (Lipinski definition) is 3. The van der Waals surface area contributed by atoms with Crippen LogP contribution in [0.3, 0.4) is 0 Å². The van der Waals surface area contributed by atoms with Crippen LogP contribution in [-0.2, 0) is 4.79 Å². The number of amides is 1. The lowest BCUT2D eigenvalue weighted by molar-refractivity contribution is -0.139. The van der Waals surface area contributed by atoms with E-state index in [1.54, 1.807) is 18.2 Å². The number of aromatic nitrogens is 1. The van der Waals surface area contributed by atoms with Gasteiger partial charge in [-0.05, 0) is 37.6 Å². The molecule has 0 saturated carbocycles. The quantitative estimate of drug-likeness (QED) is 0.751. The van der Waals surface area contributed by atoms with E-state index in [-0.39, 0.29) is 6.42 Å². The summed E-state index contributed by atoms with van der Waals surface area (Å²) < 4.78 is 0. The smallest absolute Gasteiger partial charge is 0.327 e. The van der Waals surface area contributed by atoms with Crippen LogP contribution in [0.4, 0.5) is 0 Å². The van der Waals surface area contributed by atoms with E-state index < -0.39 is 17.9 Å². The van der Waals surface area contributed by atoms with Crippen LogP contribution < -0.4 is 5.32 Å². The molecule has 0 spiro atoms. The number of aliphatic carboxylic acids is 1. The maximum absolute atomic E-state index is 12.1. The van der Waals surface area contributed by atoms with E-state index in [1.165, 1.54) is 0 Å². The zero-order valence-electron chi connectivity index (χ0n) is 11.9. The molecule has 0 aliphatic rings. The molecule has 1 unspecified atom stereocenters. The van der Waals surface area contributed by atoms with Gasteiger partial charge < -0.3 is 15.4 Å². The third kappa shape index (κ3) is 2.90. The molecule has 2 rings (SSSR count). The normalized spacial score (nSPS) is 11.9. The van der Waals surface area contributed by atoms with E-state index in [2.05, 4.69) is 16.2 Å². The molecule has 0 radical (unpaired) electrons. The Morgan fingerprint density at radius 3 is 2.76 bits per heavy atom. The molecular formula is C16H16N2O3. The van der Waals surface area contributed by atoms with Crippen molar-refractivity contribution in [3.05, 3.63) is 35.0 Å². The molecule has 5 nitrogen and oxygen atoms in total. The summed E-state index contributed by atoms with van der Waals surface area (Å²) in [7, 11) is 0. The van der Waals surface area contributed by atoms with Crippen molar-refractivity contribution in [2.24, 2.45) is 0 Å². The largest absolute Gasteiger partial charge is 0.480 e. The second-order valence-corrected chi connectivity index (χ2v) is 4.91. The molecule has 1 atom stereocenters. The van der Waals surface area contributed by atoms with Crippen LogP contribution in [0.15, 0.2) is 18.2 Å². The van der Waals surface area contributed by atoms with Gasteiger partial charge in [-0.15, -0.1) is 12.3 Å². The fourth-order valence-corrected chi connectivity index (χ4v) is 2.16. The Labute approximate surface area is 122 Å². The fraction of sp³-hybridized carbons (Fsp3) is 0.250. The molecule has 21 heavy (non-hydrogen) atoms. The third-order valence-electron chi connectivity index (χ3n) is 3.50. The lowest BCUT2D eigenvalue weighted by Gasteiger charge is -2.11. The van der Waals surface area contributed by atoms with Crippen molar-refractivity contribution in [1.29, 1.82) is 0 Å². The molecule has 108 valence electrons. The van der Waals surface area contributed by atoms with Crippen molar-refractivity contribution >= 4 is 22.8 Å². The number of rotatable bonds is 4. The number of benzene rings is 1. The molecule has 3 N–H and O–H groups in total. The van der Waals surface area contributed by atoms with Gasteiger partial charge in [0, 0.05) is 28.6 Å². The molecule has 1 aromatic heterocycles. The van der Waals surface area contributed by atoms with Gasteiger partial charge in [0.2, 0.25) is 0 Å². The van der Waals surface area contributed by atoms with Crippen molar-refractivity contribution in [3.8, 4) is 12.3 Å². The molecule has 0 aliphatic carbocycles. The summed E-state index contributed by atoms with van der Waals surface area (Å²) in [5.41, 5.74) is 3.46. The van der Waals surface area contributed by atoms with Crippen LogP contribution >= 0.6 is 0 Å². The highest BCUT2D eigenvalue weighted by Crippen LogP contribution is 2.22.